The van der Waals surface area contributed by atoms with Crippen molar-refractivity contribution in [2.45, 2.75) is 32.6 Å². The lowest BCUT2D eigenvalue weighted by atomic mass is 10.1. The summed E-state index contributed by atoms with van der Waals surface area (Å²) in [5.74, 6) is 0.125. The van der Waals surface area contributed by atoms with Crippen LogP contribution in [0.2, 0.25) is 0 Å². The van der Waals surface area contributed by atoms with E-state index in [4.69, 9.17) is 4.52 Å². The molecule has 100 valence electrons. The van der Waals surface area contributed by atoms with Crippen LogP contribution in [0, 0.1) is 6.92 Å². The second kappa shape index (κ2) is 6.54. The minimum atomic E-state index is -0.172. The number of likely N-dealkylation sites (tertiary alicyclic amines) is 1. The summed E-state index contributed by atoms with van der Waals surface area (Å²) >= 11 is 0. The SMILES string of the molecule is Cc1cc(C(=O)NCCCN2CCCCC2)on1. The number of hydrogen-bond acceptors (Lipinski definition) is 4. The van der Waals surface area contributed by atoms with Crippen LogP contribution in [0.4, 0.5) is 0 Å². The Labute approximate surface area is 108 Å². The zero-order valence-electron chi connectivity index (χ0n) is 10.9. The maximum atomic E-state index is 11.7. The van der Waals surface area contributed by atoms with E-state index < -0.39 is 0 Å². The van der Waals surface area contributed by atoms with Crippen molar-refractivity contribution in [3.8, 4) is 0 Å². The molecule has 1 N–H and O–H groups in total. The number of rotatable bonds is 5. The molecule has 0 spiro atoms. The number of piperidine rings is 1. The maximum absolute atomic E-state index is 11.7. The van der Waals surface area contributed by atoms with Crippen LogP contribution in [0.1, 0.15) is 41.9 Å². The quantitative estimate of drug-likeness (QED) is 0.807. The van der Waals surface area contributed by atoms with Crippen molar-refractivity contribution in [3.05, 3.63) is 17.5 Å². The number of nitrogens with one attached hydrogen (secondary N) is 1. The third-order valence-corrected chi connectivity index (χ3v) is 3.24. The maximum Gasteiger partial charge on any atom is 0.289 e. The standard InChI is InChI=1S/C13H21N3O2/c1-11-10-12(18-15-11)13(17)14-6-5-9-16-7-3-2-4-8-16/h10H,2-9H2,1H3,(H,14,17). The molecule has 1 aliphatic heterocycles. The fourth-order valence-electron chi connectivity index (χ4n) is 2.25. The van der Waals surface area contributed by atoms with Crippen LogP contribution in [0.15, 0.2) is 10.6 Å². The van der Waals surface area contributed by atoms with Crippen molar-refractivity contribution in [2.24, 2.45) is 0 Å². The zero-order valence-corrected chi connectivity index (χ0v) is 10.9. The minimum absolute atomic E-state index is 0.172. The molecule has 1 fully saturated rings. The molecule has 0 radical (unpaired) electrons. The molecule has 18 heavy (non-hydrogen) atoms. The normalized spacial score (nSPS) is 16.7. The van der Waals surface area contributed by atoms with Gasteiger partial charge in [-0.15, -0.1) is 0 Å². The third kappa shape index (κ3) is 3.84. The molecule has 1 aromatic rings. The van der Waals surface area contributed by atoms with Gasteiger partial charge in [-0.25, -0.2) is 0 Å². The molecule has 2 heterocycles. The molecule has 1 saturated heterocycles. The summed E-state index contributed by atoms with van der Waals surface area (Å²) in [7, 11) is 0. The molecule has 1 aromatic heterocycles. The Morgan fingerprint density at radius 2 is 2.22 bits per heavy atom. The van der Waals surface area contributed by atoms with Gasteiger partial charge in [0.05, 0.1) is 5.69 Å². The van der Waals surface area contributed by atoms with Crippen molar-refractivity contribution in [2.75, 3.05) is 26.2 Å². The van der Waals surface area contributed by atoms with Crippen LogP contribution in [-0.4, -0.2) is 42.1 Å². The number of amides is 1. The van der Waals surface area contributed by atoms with E-state index >= 15 is 0 Å². The molecule has 5 nitrogen and oxygen atoms in total. The van der Waals surface area contributed by atoms with E-state index in [1.807, 2.05) is 0 Å². The fraction of sp³-hybridized carbons (Fsp3) is 0.692. The number of aryl methyl sites for hydroxylation is 1. The average Bonchev–Trinajstić information content (AvgIpc) is 2.82. The van der Waals surface area contributed by atoms with Crippen LogP contribution >= 0.6 is 0 Å². The molecule has 0 unspecified atom stereocenters. The van der Waals surface area contributed by atoms with Crippen molar-refractivity contribution in [1.29, 1.82) is 0 Å². The molecule has 0 bridgehead atoms. The topological polar surface area (TPSA) is 58.4 Å². The van der Waals surface area contributed by atoms with Crippen molar-refractivity contribution < 1.29 is 9.32 Å². The van der Waals surface area contributed by atoms with Crippen LogP contribution in [0.5, 0.6) is 0 Å². The van der Waals surface area contributed by atoms with Gasteiger partial charge in [0, 0.05) is 12.6 Å². The van der Waals surface area contributed by atoms with E-state index in [2.05, 4.69) is 15.4 Å². The third-order valence-electron chi connectivity index (χ3n) is 3.24. The van der Waals surface area contributed by atoms with Gasteiger partial charge in [-0.1, -0.05) is 11.6 Å². The zero-order chi connectivity index (χ0) is 12.8. The predicted molar refractivity (Wildman–Crippen MR) is 68.5 cm³/mol. The lowest BCUT2D eigenvalue weighted by molar-refractivity contribution is 0.0914. The summed E-state index contributed by atoms with van der Waals surface area (Å²) in [6, 6.07) is 1.65. The molecule has 0 aromatic carbocycles. The number of nitrogens with zero attached hydrogens (tertiary/aromatic N) is 2. The second-order valence-corrected chi connectivity index (χ2v) is 4.84. The number of carbonyl (C=O) groups is 1. The van der Waals surface area contributed by atoms with Crippen LogP contribution in [-0.2, 0) is 0 Å². The molecule has 1 amide bonds. The first-order valence-electron chi connectivity index (χ1n) is 6.69. The summed E-state index contributed by atoms with van der Waals surface area (Å²) in [5.41, 5.74) is 0.730. The summed E-state index contributed by atoms with van der Waals surface area (Å²) in [4.78, 5) is 14.1. The van der Waals surface area contributed by atoms with Gasteiger partial charge in [0.25, 0.3) is 5.91 Å². The molecular formula is C13H21N3O2. The molecule has 0 atom stereocenters. The molecule has 1 aliphatic rings. The second-order valence-electron chi connectivity index (χ2n) is 4.84. The summed E-state index contributed by atoms with van der Waals surface area (Å²) in [6.07, 6.45) is 4.96. The Morgan fingerprint density at radius 3 is 2.89 bits per heavy atom. The molecular weight excluding hydrogens is 230 g/mol. The van der Waals surface area contributed by atoms with Crippen molar-refractivity contribution in [1.82, 2.24) is 15.4 Å². The van der Waals surface area contributed by atoms with Crippen molar-refractivity contribution in [3.63, 3.8) is 0 Å². The van der Waals surface area contributed by atoms with Gasteiger partial charge in [-0.2, -0.15) is 0 Å². The Hall–Kier alpha value is -1.36. The van der Waals surface area contributed by atoms with Gasteiger partial charge < -0.3 is 14.7 Å². The van der Waals surface area contributed by atoms with Crippen LogP contribution in [0.25, 0.3) is 0 Å². The van der Waals surface area contributed by atoms with Gasteiger partial charge in [0.15, 0.2) is 0 Å². The average molecular weight is 251 g/mol. The van der Waals surface area contributed by atoms with Gasteiger partial charge in [-0.3, -0.25) is 4.79 Å². The number of aromatic nitrogens is 1. The Kier molecular flexibility index (Phi) is 4.75. The predicted octanol–water partition coefficient (Wildman–Crippen LogP) is 1.59. The first kappa shape index (κ1) is 13.1. The summed E-state index contributed by atoms with van der Waals surface area (Å²) in [6.45, 7) is 5.96. The Balaban J connectivity index is 1.61. The molecule has 0 aliphatic carbocycles. The lowest BCUT2D eigenvalue weighted by Gasteiger charge is -2.26. The highest BCUT2D eigenvalue weighted by Crippen LogP contribution is 2.08. The molecule has 2 rings (SSSR count). The first-order chi connectivity index (χ1) is 8.75. The highest BCUT2D eigenvalue weighted by atomic mass is 16.5. The number of hydrogen-bond donors (Lipinski definition) is 1. The summed E-state index contributed by atoms with van der Waals surface area (Å²) in [5, 5.41) is 6.55. The van der Waals surface area contributed by atoms with Gasteiger partial charge >= 0.3 is 0 Å². The van der Waals surface area contributed by atoms with Crippen molar-refractivity contribution >= 4 is 5.91 Å². The van der Waals surface area contributed by atoms with Gasteiger partial charge in [0.1, 0.15) is 0 Å². The Bertz CT molecular complexity index is 383. The van der Waals surface area contributed by atoms with Crippen LogP contribution < -0.4 is 5.32 Å². The van der Waals surface area contributed by atoms with Gasteiger partial charge in [0.2, 0.25) is 5.76 Å². The fourth-order valence-corrected chi connectivity index (χ4v) is 2.25. The Morgan fingerprint density at radius 1 is 1.44 bits per heavy atom. The van der Waals surface area contributed by atoms with E-state index in [1.54, 1.807) is 13.0 Å². The first-order valence-corrected chi connectivity index (χ1v) is 6.69. The minimum Gasteiger partial charge on any atom is -0.351 e. The van der Waals surface area contributed by atoms with Gasteiger partial charge in [-0.05, 0) is 45.8 Å². The number of carbonyl (C=O) groups excluding carboxylic acids is 1. The monoisotopic (exact) mass is 251 g/mol. The molecule has 0 saturated carbocycles. The highest BCUT2D eigenvalue weighted by Gasteiger charge is 2.12. The van der Waals surface area contributed by atoms with E-state index in [-0.39, 0.29) is 5.91 Å². The summed E-state index contributed by atoms with van der Waals surface area (Å²) < 4.78 is 4.90. The largest absolute Gasteiger partial charge is 0.351 e. The van der Waals surface area contributed by atoms with E-state index in [1.165, 1.54) is 32.4 Å². The van der Waals surface area contributed by atoms with E-state index in [0.717, 1.165) is 18.7 Å². The highest BCUT2D eigenvalue weighted by molar-refractivity contribution is 5.91. The van der Waals surface area contributed by atoms with Crippen LogP contribution in [0.3, 0.4) is 0 Å². The van der Waals surface area contributed by atoms with E-state index in [9.17, 15) is 4.79 Å². The van der Waals surface area contributed by atoms with E-state index in [0.29, 0.717) is 12.3 Å². The smallest absolute Gasteiger partial charge is 0.289 e. The molecule has 5 heteroatoms. The lowest BCUT2D eigenvalue weighted by Crippen LogP contribution is -2.33.